The smallest absolute Gasteiger partial charge is 0.259 e. The Morgan fingerprint density at radius 2 is 1.83 bits per heavy atom. The number of amides is 1. The van der Waals surface area contributed by atoms with Crippen molar-refractivity contribution >= 4 is 33.9 Å². The summed E-state index contributed by atoms with van der Waals surface area (Å²) in [5, 5.41) is 8.41. The van der Waals surface area contributed by atoms with Crippen LogP contribution in [0.4, 0.5) is 17.2 Å². The number of aryl methyl sites for hydroxylation is 1. The van der Waals surface area contributed by atoms with Gasteiger partial charge in [0.25, 0.3) is 5.91 Å². The number of nitrogens with zero attached hydrogens (tertiary/aromatic N) is 2. The minimum atomic E-state index is -0.201. The lowest BCUT2D eigenvalue weighted by atomic mass is 10.0. The zero-order valence-electron chi connectivity index (χ0n) is 17.3. The number of hydrogen-bond acceptors (Lipinski definition) is 4. The molecule has 5 nitrogen and oxygen atoms in total. The molecule has 4 aromatic rings. The number of carbonyl (C=O) groups is 1. The van der Waals surface area contributed by atoms with Crippen LogP contribution in [-0.2, 0) is 0 Å². The quantitative estimate of drug-likeness (QED) is 0.430. The van der Waals surface area contributed by atoms with E-state index in [-0.39, 0.29) is 5.91 Å². The maximum atomic E-state index is 13.0. The molecule has 1 amide bonds. The Labute approximate surface area is 176 Å². The van der Waals surface area contributed by atoms with Gasteiger partial charge in [-0.05, 0) is 65.8 Å². The zero-order valence-corrected chi connectivity index (χ0v) is 17.3. The van der Waals surface area contributed by atoms with Crippen molar-refractivity contribution in [3.05, 3.63) is 89.9 Å². The molecule has 5 heteroatoms. The lowest BCUT2D eigenvalue weighted by Crippen LogP contribution is -2.15. The number of fused-ring (bicyclic) bond motifs is 1. The van der Waals surface area contributed by atoms with Crippen LogP contribution in [0, 0.1) is 6.92 Å². The van der Waals surface area contributed by atoms with E-state index in [2.05, 4.69) is 46.6 Å². The third-order valence-electron chi connectivity index (χ3n) is 5.12. The van der Waals surface area contributed by atoms with Crippen molar-refractivity contribution in [2.24, 2.45) is 0 Å². The summed E-state index contributed by atoms with van der Waals surface area (Å²) in [6.07, 6.45) is 5.26. The number of rotatable bonds is 5. The summed E-state index contributed by atoms with van der Waals surface area (Å²) in [4.78, 5) is 21.6. The third kappa shape index (κ3) is 4.15. The fraction of sp³-hybridized carbons (Fsp3) is 0.160. The van der Waals surface area contributed by atoms with Gasteiger partial charge in [-0.1, -0.05) is 32.0 Å². The average molecular weight is 396 g/mol. The molecule has 0 atom stereocenters. The Kier molecular flexibility index (Phi) is 5.44. The van der Waals surface area contributed by atoms with Gasteiger partial charge in [-0.3, -0.25) is 9.78 Å². The van der Waals surface area contributed by atoms with E-state index in [1.807, 2.05) is 43.5 Å². The van der Waals surface area contributed by atoms with E-state index in [1.54, 1.807) is 24.5 Å². The van der Waals surface area contributed by atoms with E-state index >= 15 is 0 Å². The molecule has 0 aliphatic carbocycles. The second-order valence-electron chi connectivity index (χ2n) is 7.65. The van der Waals surface area contributed by atoms with Crippen LogP contribution in [0.15, 0.2) is 73.2 Å². The summed E-state index contributed by atoms with van der Waals surface area (Å²) < 4.78 is 0. The molecule has 2 N–H and O–H groups in total. The van der Waals surface area contributed by atoms with E-state index in [0.717, 1.165) is 27.7 Å². The molecular weight excluding hydrogens is 372 g/mol. The standard InChI is InChI=1S/C25H24N4O/c1-16(2)19-7-9-23(17(3)13-19)29-25(30)22-5-4-11-27-24(22)28-21-8-6-18-10-12-26-15-20(18)14-21/h4-16H,1-3H3,(H,27,28)(H,29,30). The Hall–Kier alpha value is -3.73. The maximum absolute atomic E-state index is 13.0. The molecular formula is C25H24N4O. The number of nitrogens with one attached hydrogen (secondary N) is 2. The van der Waals surface area contributed by atoms with Gasteiger partial charge >= 0.3 is 0 Å². The average Bonchev–Trinajstić information content (AvgIpc) is 2.75. The molecule has 0 spiro atoms. The van der Waals surface area contributed by atoms with Crippen LogP contribution in [0.1, 0.15) is 41.3 Å². The van der Waals surface area contributed by atoms with Crippen molar-refractivity contribution in [3.63, 3.8) is 0 Å². The van der Waals surface area contributed by atoms with E-state index < -0.39 is 0 Å². The van der Waals surface area contributed by atoms with Gasteiger partial charge in [0.15, 0.2) is 0 Å². The molecule has 0 aliphatic heterocycles. The molecule has 2 aromatic carbocycles. The van der Waals surface area contributed by atoms with Crippen LogP contribution in [0.2, 0.25) is 0 Å². The Morgan fingerprint density at radius 3 is 2.63 bits per heavy atom. The van der Waals surface area contributed by atoms with Gasteiger partial charge in [-0.15, -0.1) is 0 Å². The zero-order chi connectivity index (χ0) is 21.1. The van der Waals surface area contributed by atoms with Gasteiger partial charge in [0, 0.05) is 35.4 Å². The SMILES string of the molecule is Cc1cc(C(C)C)ccc1NC(=O)c1cccnc1Nc1ccc2ccncc2c1. The van der Waals surface area contributed by atoms with Crippen LogP contribution < -0.4 is 10.6 Å². The second-order valence-corrected chi connectivity index (χ2v) is 7.65. The van der Waals surface area contributed by atoms with E-state index in [0.29, 0.717) is 17.3 Å². The molecule has 0 aliphatic rings. The first-order valence-electron chi connectivity index (χ1n) is 9.99. The van der Waals surface area contributed by atoms with Crippen molar-refractivity contribution in [1.82, 2.24) is 9.97 Å². The Morgan fingerprint density at radius 1 is 0.967 bits per heavy atom. The summed E-state index contributed by atoms with van der Waals surface area (Å²) in [5.41, 5.74) is 4.42. The summed E-state index contributed by atoms with van der Waals surface area (Å²) >= 11 is 0. The first-order chi connectivity index (χ1) is 14.5. The van der Waals surface area contributed by atoms with Crippen LogP contribution in [0.5, 0.6) is 0 Å². The number of hydrogen-bond donors (Lipinski definition) is 2. The molecule has 30 heavy (non-hydrogen) atoms. The largest absolute Gasteiger partial charge is 0.340 e. The topological polar surface area (TPSA) is 66.9 Å². The summed E-state index contributed by atoms with van der Waals surface area (Å²) in [5.74, 6) is 0.753. The highest BCUT2D eigenvalue weighted by molar-refractivity contribution is 6.08. The third-order valence-corrected chi connectivity index (χ3v) is 5.12. The van der Waals surface area contributed by atoms with Gasteiger partial charge in [-0.2, -0.15) is 0 Å². The fourth-order valence-corrected chi connectivity index (χ4v) is 3.36. The number of carbonyl (C=O) groups excluding carboxylic acids is 1. The minimum Gasteiger partial charge on any atom is -0.340 e. The molecule has 0 unspecified atom stereocenters. The maximum Gasteiger partial charge on any atom is 0.259 e. The normalized spacial score (nSPS) is 10.9. The molecule has 0 fully saturated rings. The number of benzene rings is 2. The highest BCUT2D eigenvalue weighted by atomic mass is 16.1. The van der Waals surface area contributed by atoms with Gasteiger partial charge in [0.2, 0.25) is 0 Å². The molecule has 0 bridgehead atoms. The molecule has 2 heterocycles. The number of anilines is 3. The first kappa shape index (κ1) is 19.6. The molecule has 0 radical (unpaired) electrons. The molecule has 2 aromatic heterocycles. The van der Waals surface area contributed by atoms with Crippen LogP contribution in [-0.4, -0.2) is 15.9 Å². The van der Waals surface area contributed by atoms with Crippen LogP contribution in [0.3, 0.4) is 0 Å². The van der Waals surface area contributed by atoms with E-state index in [4.69, 9.17) is 0 Å². The fourth-order valence-electron chi connectivity index (χ4n) is 3.36. The van der Waals surface area contributed by atoms with E-state index in [1.165, 1.54) is 5.56 Å². The predicted octanol–water partition coefficient (Wildman–Crippen LogP) is 6.06. The Bertz CT molecular complexity index is 1220. The second kappa shape index (κ2) is 8.33. The summed E-state index contributed by atoms with van der Waals surface area (Å²) in [7, 11) is 0. The molecule has 0 saturated heterocycles. The van der Waals surface area contributed by atoms with E-state index in [9.17, 15) is 4.79 Å². The number of pyridine rings is 2. The van der Waals surface area contributed by atoms with Crippen molar-refractivity contribution in [2.45, 2.75) is 26.7 Å². The van der Waals surface area contributed by atoms with Gasteiger partial charge in [0.1, 0.15) is 5.82 Å². The molecule has 150 valence electrons. The van der Waals surface area contributed by atoms with Crippen LogP contribution >= 0.6 is 0 Å². The predicted molar refractivity (Wildman–Crippen MR) is 122 cm³/mol. The van der Waals surface area contributed by atoms with Gasteiger partial charge in [0.05, 0.1) is 5.56 Å². The Balaban J connectivity index is 1.58. The number of aromatic nitrogens is 2. The van der Waals surface area contributed by atoms with Crippen molar-refractivity contribution in [1.29, 1.82) is 0 Å². The lowest BCUT2D eigenvalue weighted by molar-refractivity contribution is 0.102. The van der Waals surface area contributed by atoms with Crippen molar-refractivity contribution in [2.75, 3.05) is 10.6 Å². The summed E-state index contributed by atoms with van der Waals surface area (Å²) in [6, 6.07) is 17.6. The van der Waals surface area contributed by atoms with Crippen molar-refractivity contribution in [3.8, 4) is 0 Å². The highest BCUT2D eigenvalue weighted by Crippen LogP contribution is 2.25. The highest BCUT2D eigenvalue weighted by Gasteiger charge is 2.14. The lowest BCUT2D eigenvalue weighted by Gasteiger charge is -2.14. The van der Waals surface area contributed by atoms with Gasteiger partial charge < -0.3 is 10.6 Å². The van der Waals surface area contributed by atoms with Crippen molar-refractivity contribution < 1.29 is 4.79 Å². The molecule has 0 saturated carbocycles. The molecule has 4 rings (SSSR count). The minimum absolute atomic E-state index is 0.201. The van der Waals surface area contributed by atoms with Gasteiger partial charge in [-0.25, -0.2) is 4.98 Å². The summed E-state index contributed by atoms with van der Waals surface area (Å²) in [6.45, 7) is 6.32. The van der Waals surface area contributed by atoms with Crippen LogP contribution in [0.25, 0.3) is 10.8 Å². The monoisotopic (exact) mass is 396 g/mol. The first-order valence-corrected chi connectivity index (χ1v) is 9.99.